The maximum atomic E-state index is 13.1. The smallest absolute Gasteiger partial charge is 0.304 e. The number of amides is 1. The van der Waals surface area contributed by atoms with Crippen molar-refractivity contribution < 1.29 is 14.1 Å². The zero-order valence-electron chi connectivity index (χ0n) is 9.88. The second-order valence-corrected chi connectivity index (χ2v) is 4.62. The van der Waals surface area contributed by atoms with E-state index in [1.807, 2.05) is 0 Å². The van der Waals surface area contributed by atoms with Crippen LogP contribution < -0.4 is 10.2 Å². The molecule has 0 saturated carbocycles. The molecule has 0 atom stereocenters. The number of thiazole rings is 1. The molecular weight excluding hydrogens is 289 g/mol. The summed E-state index contributed by atoms with van der Waals surface area (Å²) in [4.78, 5) is 34.9. The van der Waals surface area contributed by atoms with Gasteiger partial charge in [-0.1, -0.05) is 11.3 Å². The lowest BCUT2D eigenvalue weighted by molar-refractivity contribution is -0.385. The molecule has 1 aromatic heterocycles. The summed E-state index contributed by atoms with van der Waals surface area (Å²) in [5.74, 6) is -1.53. The van der Waals surface area contributed by atoms with Crippen LogP contribution in [0.4, 0.5) is 10.1 Å². The molecule has 0 aliphatic rings. The number of nitrogens with one attached hydrogen (secondary N) is 2. The Morgan fingerprint density at radius 3 is 2.85 bits per heavy atom. The second kappa shape index (κ2) is 5.61. The Kier molecular flexibility index (Phi) is 3.89. The average molecular weight is 297 g/mol. The van der Waals surface area contributed by atoms with Gasteiger partial charge in [0.25, 0.3) is 11.6 Å². The Hall–Kier alpha value is -2.55. The highest BCUT2D eigenvalue weighted by Crippen LogP contribution is 2.19. The first-order valence-corrected chi connectivity index (χ1v) is 6.24. The molecule has 1 amide bonds. The van der Waals surface area contributed by atoms with Crippen molar-refractivity contribution in [2.45, 2.75) is 6.54 Å². The van der Waals surface area contributed by atoms with Crippen LogP contribution >= 0.6 is 11.3 Å². The number of H-pyrrole nitrogens is 1. The molecule has 9 heteroatoms. The van der Waals surface area contributed by atoms with Crippen LogP contribution in [0.3, 0.4) is 0 Å². The summed E-state index contributed by atoms with van der Waals surface area (Å²) in [6.07, 6.45) is 0. The number of nitro benzene ring substituents is 1. The summed E-state index contributed by atoms with van der Waals surface area (Å²) >= 11 is 0.932. The van der Waals surface area contributed by atoms with Crippen LogP contribution in [0.5, 0.6) is 0 Å². The van der Waals surface area contributed by atoms with Crippen LogP contribution in [0, 0.1) is 15.9 Å². The number of nitro groups is 1. The molecule has 0 spiro atoms. The number of hydrogen-bond donors (Lipinski definition) is 2. The van der Waals surface area contributed by atoms with Crippen molar-refractivity contribution in [3.05, 3.63) is 60.4 Å². The molecule has 2 rings (SSSR count). The van der Waals surface area contributed by atoms with E-state index in [2.05, 4.69) is 10.3 Å². The average Bonchev–Trinajstić information content (AvgIpc) is 2.81. The first kappa shape index (κ1) is 13.9. The van der Waals surface area contributed by atoms with Gasteiger partial charge in [0.2, 0.25) is 0 Å². The Bertz CT molecular complexity index is 724. The number of aromatic nitrogens is 1. The molecule has 104 valence electrons. The molecule has 0 aliphatic carbocycles. The summed E-state index contributed by atoms with van der Waals surface area (Å²) < 4.78 is 13.1. The van der Waals surface area contributed by atoms with Gasteiger partial charge in [0, 0.05) is 17.1 Å². The number of nitrogens with zero attached hydrogens (tertiary/aromatic N) is 1. The topological polar surface area (TPSA) is 105 Å². The van der Waals surface area contributed by atoms with Crippen LogP contribution in [0.1, 0.15) is 16.1 Å². The number of rotatable bonds is 4. The molecule has 2 N–H and O–H groups in total. The van der Waals surface area contributed by atoms with Gasteiger partial charge in [-0.15, -0.1) is 0 Å². The Balaban J connectivity index is 2.18. The summed E-state index contributed by atoms with van der Waals surface area (Å²) in [5, 5.41) is 14.7. The molecule has 20 heavy (non-hydrogen) atoms. The van der Waals surface area contributed by atoms with E-state index in [1.165, 1.54) is 5.38 Å². The summed E-state index contributed by atoms with van der Waals surface area (Å²) in [7, 11) is 0. The Morgan fingerprint density at radius 2 is 2.25 bits per heavy atom. The van der Waals surface area contributed by atoms with Crippen molar-refractivity contribution in [3.63, 3.8) is 0 Å². The molecule has 0 fully saturated rings. The van der Waals surface area contributed by atoms with Crippen molar-refractivity contribution in [3.8, 4) is 0 Å². The number of carbonyl (C=O) groups excluding carboxylic acids is 1. The van der Waals surface area contributed by atoms with Crippen LogP contribution in [0.2, 0.25) is 0 Å². The highest BCUT2D eigenvalue weighted by molar-refractivity contribution is 7.07. The van der Waals surface area contributed by atoms with Crippen molar-refractivity contribution >= 4 is 22.9 Å². The van der Waals surface area contributed by atoms with Gasteiger partial charge in [-0.05, 0) is 12.1 Å². The van der Waals surface area contributed by atoms with Crippen LogP contribution in [-0.4, -0.2) is 15.8 Å². The molecule has 0 saturated heterocycles. The van der Waals surface area contributed by atoms with E-state index in [4.69, 9.17) is 0 Å². The molecule has 0 unspecified atom stereocenters. The largest absolute Gasteiger partial charge is 0.346 e. The fourth-order valence-electron chi connectivity index (χ4n) is 1.52. The highest BCUT2D eigenvalue weighted by Gasteiger charge is 2.20. The standard InChI is InChI=1S/C11H8FN3O4S/c12-6-1-2-9(15(18)19)8(3-6)10(16)13-4-7-5-20-11(17)14-7/h1-3,5H,4H2,(H,13,16)(H,14,17). The van der Waals surface area contributed by atoms with Crippen LogP contribution in [0.15, 0.2) is 28.4 Å². The predicted molar refractivity (Wildman–Crippen MR) is 69.2 cm³/mol. The van der Waals surface area contributed by atoms with Crippen molar-refractivity contribution in [2.24, 2.45) is 0 Å². The molecule has 1 heterocycles. The minimum atomic E-state index is -0.789. The number of halogens is 1. The van der Waals surface area contributed by atoms with E-state index in [-0.39, 0.29) is 17.0 Å². The fraction of sp³-hybridized carbons (Fsp3) is 0.0909. The van der Waals surface area contributed by atoms with Crippen molar-refractivity contribution in [1.29, 1.82) is 0 Å². The lowest BCUT2D eigenvalue weighted by Crippen LogP contribution is -2.24. The maximum absolute atomic E-state index is 13.1. The molecule has 0 radical (unpaired) electrons. The van der Waals surface area contributed by atoms with Gasteiger partial charge in [-0.3, -0.25) is 19.7 Å². The number of hydrogen-bond acceptors (Lipinski definition) is 5. The molecule has 0 bridgehead atoms. The molecule has 0 aliphatic heterocycles. The van der Waals surface area contributed by atoms with Crippen LogP contribution in [-0.2, 0) is 6.54 Å². The van der Waals surface area contributed by atoms with Gasteiger partial charge in [-0.25, -0.2) is 4.39 Å². The van der Waals surface area contributed by atoms with E-state index in [0.717, 1.165) is 29.5 Å². The van der Waals surface area contributed by atoms with E-state index in [1.54, 1.807) is 0 Å². The lowest BCUT2D eigenvalue weighted by atomic mass is 10.1. The first-order chi connectivity index (χ1) is 9.47. The summed E-state index contributed by atoms with van der Waals surface area (Å²) in [6, 6.07) is 2.63. The van der Waals surface area contributed by atoms with E-state index in [0.29, 0.717) is 5.69 Å². The zero-order chi connectivity index (χ0) is 14.7. The Morgan fingerprint density at radius 1 is 1.50 bits per heavy atom. The number of aromatic amines is 1. The minimum absolute atomic E-state index is 0.00869. The maximum Gasteiger partial charge on any atom is 0.304 e. The van der Waals surface area contributed by atoms with Gasteiger partial charge >= 0.3 is 4.87 Å². The Labute approximate surface area is 115 Å². The monoisotopic (exact) mass is 297 g/mol. The second-order valence-electron chi connectivity index (χ2n) is 3.77. The third-order valence-corrected chi connectivity index (χ3v) is 3.13. The van der Waals surface area contributed by atoms with Gasteiger partial charge in [0.1, 0.15) is 11.4 Å². The minimum Gasteiger partial charge on any atom is -0.346 e. The number of benzene rings is 1. The first-order valence-electron chi connectivity index (χ1n) is 5.36. The summed E-state index contributed by atoms with van der Waals surface area (Å²) in [6.45, 7) is -0.00869. The fourth-order valence-corrected chi connectivity index (χ4v) is 2.10. The van der Waals surface area contributed by atoms with Gasteiger partial charge in [0.05, 0.1) is 11.5 Å². The highest BCUT2D eigenvalue weighted by atomic mass is 32.1. The number of carbonyl (C=O) groups is 1. The third kappa shape index (κ3) is 3.06. The van der Waals surface area contributed by atoms with Gasteiger partial charge in [-0.2, -0.15) is 0 Å². The molecule has 1 aromatic carbocycles. The zero-order valence-corrected chi connectivity index (χ0v) is 10.7. The van der Waals surface area contributed by atoms with Crippen molar-refractivity contribution in [1.82, 2.24) is 10.3 Å². The third-order valence-electron chi connectivity index (χ3n) is 2.41. The van der Waals surface area contributed by atoms with Crippen molar-refractivity contribution in [2.75, 3.05) is 0 Å². The molecular formula is C11H8FN3O4S. The van der Waals surface area contributed by atoms with Gasteiger partial charge < -0.3 is 10.3 Å². The normalized spacial score (nSPS) is 10.2. The predicted octanol–water partition coefficient (Wildman–Crippen LogP) is 1.41. The SMILES string of the molecule is O=C(NCc1csc(=O)[nH]1)c1cc(F)ccc1[N+](=O)[O-]. The lowest BCUT2D eigenvalue weighted by Gasteiger charge is -2.04. The van der Waals surface area contributed by atoms with E-state index >= 15 is 0 Å². The van der Waals surface area contributed by atoms with E-state index in [9.17, 15) is 24.1 Å². The van der Waals surface area contributed by atoms with Gasteiger partial charge in [0.15, 0.2) is 0 Å². The van der Waals surface area contributed by atoms with E-state index < -0.39 is 22.3 Å². The molecule has 2 aromatic rings. The summed E-state index contributed by atoms with van der Waals surface area (Å²) in [5.41, 5.74) is -0.386. The van der Waals surface area contributed by atoms with Crippen LogP contribution in [0.25, 0.3) is 0 Å². The molecule has 7 nitrogen and oxygen atoms in total. The quantitative estimate of drug-likeness (QED) is 0.657.